The van der Waals surface area contributed by atoms with Crippen LogP contribution in [-0.4, -0.2) is 12.4 Å². The summed E-state index contributed by atoms with van der Waals surface area (Å²) in [6, 6.07) is 2.03. The van der Waals surface area contributed by atoms with Crippen molar-refractivity contribution >= 4 is 23.1 Å². The van der Waals surface area contributed by atoms with Crippen molar-refractivity contribution in [2.24, 2.45) is 0 Å². The van der Waals surface area contributed by atoms with Crippen LogP contribution in [0.15, 0.2) is 15.7 Å². The van der Waals surface area contributed by atoms with E-state index >= 15 is 0 Å². The van der Waals surface area contributed by atoms with E-state index in [9.17, 15) is 0 Å². The Morgan fingerprint density at radius 3 is 3.44 bits per heavy atom. The van der Waals surface area contributed by atoms with Crippen LogP contribution in [0, 0.1) is 0 Å². The summed E-state index contributed by atoms with van der Waals surface area (Å²) in [6.07, 6.45) is 0. The minimum absolute atomic E-state index is 0.869. The van der Waals surface area contributed by atoms with Gasteiger partial charge in [0.1, 0.15) is 9.96 Å². The molecule has 0 spiro atoms. The van der Waals surface area contributed by atoms with Crippen LogP contribution < -0.4 is 4.74 Å². The SMILES string of the molecule is c1cc2c(s1)SCCO2. The second-order valence-electron chi connectivity index (χ2n) is 1.77. The number of hydrogen-bond acceptors (Lipinski definition) is 3. The minimum Gasteiger partial charge on any atom is -0.491 e. The highest BCUT2D eigenvalue weighted by atomic mass is 32.2. The van der Waals surface area contributed by atoms with Gasteiger partial charge in [0.15, 0.2) is 0 Å². The second-order valence-corrected chi connectivity index (χ2v) is 4.05. The average Bonchev–Trinajstić information content (AvgIpc) is 2.33. The van der Waals surface area contributed by atoms with Crippen LogP contribution in [0.25, 0.3) is 0 Å². The van der Waals surface area contributed by atoms with E-state index in [1.54, 1.807) is 11.3 Å². The van der Waals surface area contributed by atoms with E-state index in [0.717, 1.165) is 18.1 Å². The minimum atomic E-state index is 0.869. The Morgan fingerprint density at radius 1 is 1.56 bits per heavy atom. The molecule has 2 heterocycles. The van der Waals surface area contributed by atoms with Crippen molar-refractivity contribution in [1.29, 1.82) is 0 Å². The quantitative estimate of drug-likeness (QED) is 0.572. The number of hydrogen-bond donors (Lipinski definition) is 0. The van der Waals surface area contributed by atoms with Crippen molar-refractivity contribution < 1.29 is 4.74 Å². The summed E-state index contributed by atoms with van der Waals surface area (Å²) in [5, 5.41) is 2.07. The zero-order valence-corrected chi connectivity index (χ0v) is 6.43. The molecule has 0 unspecified atom stereocenters. The molecule has 3 heteroatoms. The lowest BCUT2D eigenvalue weighted by Gasteiger charge is -2.10. The van der Waals surface area contributed by atoms with Gasteiger partial charge in [-0.25, -0.2) is 0 Å². The third-order valence-electron chi connectivity index (χ3n) is 1.17. The van der Waals surface area contributed by atoms with Gasteiger partial charge in [0.2, 0.25) is 0 Å². The van der Waals surface area contributed by atoms with Gasteiger partial charge >= 0.3 is 0 Å². The van der Waals surface area contributed by atoms with Crippen LogP contribution in [0.2, 0.25) is 0 Å². The second kappa shape index (κ2) is 2.23. The normalized spacial score (nSPS) is 16.4. The molecule has 0 saturated carbocycles. The van der Waals surface area contributed by atoms with E-state index in [2.05, 4.69) is 5.38 Å². The monoisotopic (exact) mass is 158 g/mol. The third kappa shape index (κ3) is 0.946. The molecule has 2 rings (SSSR count). The predicted octanol–water partition coefficient (Wildman–Crippen LogP) is 2.23. The van der Waals surface area contributed by atoms with Crippen molar-refractivity contribution in [3.63, 3.8) is 0 Å². The Labute approximate surface area is 62.0 Å². The van der Waals surface area contributed by atoms with Gasteiger partial charge in [0.25, 0.3) is 0 Å². The maximum atomic E-state index is 5.35. The van der Waals surface area contributed by atoms with Gasteiger partial charge in [0, 0.05) is 5.75 Å². The van der Waals surface area contributed by atoms with Crippen molar-refractivity contribution in [2.75, 3.05) is 12.4 Å². The average molecular weight is 158 g/mol. The highest BCUT2D eigenvalue weighted by Gasteiger charge is 2.10. The van der Waals surface area contributed by atoms with Crippen LogP contribution in [0.5, 0.6) is 5.75 Å². The molecule has 0 atom stereocenters. The van der Waals surface area contributed by atoms with Gasteiger partial charge in [-0.15, -0.1) is 23.1 Å². The van der Waals surface area contributed by atoms with E-state index in [1.165, 1.54) is 4.21 Å². The van der Waals surface area contributed by atoms with Gasteiger partial charge in [0.05, 0.1) is 6.61 Å². The van der Waals surface area contributed by atoms with Crippen LogP contribution >= 0.6 is 23.1 Å². The molecule has 0 N–H and O–H groups in total. The van der Waals surface area contributed by atoms with Crippen molar-refractivity contribution in [1.82, 2.24) is 0 Å². The first-order valence-electron chi connectivity index (χ1n) is 2.80. The maximum Gasteiger partial charge on any atom is 0.143 e. The number of thioether (sulfide) groups is 1. The van der Waals surface area contributed by atoms with E-state index < -0.39 is 0 Å². The van der Waals surface area contributed by atoms with Gasteiger partial charge in [-0.2, -0.15) is 0 Å². The molecule has 0 amide bonds. The van der Waals surface area contributed by atoms with Crippen LogP contribution in [0.4, 0.5) is 0 Å². The Kier molecular flexibility index (Phi) is 1.39. The number of thiophene rings is 1. The fourth-order valence-electron chi connectivity index (χ4n) is 0.782. The van der Waals surface area contributed by atoms with E-state index in [4.69, 9.17) is 4.74 Å². The summed E-state index contributed by atoms with van der Waals surface area (Å²) in [6.45, 7) is 0.869. The fourth-order valence-corrected chi connectivity index (χ4v) is 2.65. The van der Waals surface area contributed by atoms with E-state index in [1.807, 2.05) is 17.8 Å². The van der Waals surface area contributed by atoms with E-state index in [0.29, 0.717) is 0 Å². The molecule has 0 radical (unpaired) electrons. The standard InChI is InChI=1S/C6H6OS2/c1-3-8-6-5(1)7-2-4-9-6/h1,3H,2,4H2. The Bertz CT molecular complexity index is 186. The smallest absolute Gasteiger partial charge is 0.143 e. The van der Waals surface area contributed by atoms with E-state index in [-0.39, 0.29) is 0 Å². The number of ether oxygens (including phenoxy) is 1. The topological polar surface area (TPSA) is 9.23 Å². The summed E-state index contributed by atoms with van der Waals surface area (Å²) in [5.41, 5.74) is 0. The summed E-state index contributed by atoms with van der Waals surface area (Å²) in [4.78, 5) is 0. The first kappa shape index (κ1) is 5.62. The largest absolute Gasteiger partial charge is 0.491 e. The van der Waals surface area contributed by atoms with Crippen LogP contribution in [0.1, 0.15) is 0 Å². The van der Waals surface area contributed by atoms with Crippen molar-refractivity contribution in [2.45, 2.75) is 4.21 Å². The lowest BCUT2D eigenvalue weighted by Crippen LogP contribution is -2.03. The molecule has 1 aromatic rings. The first-order valence-corrected chi connectivity index (χ1v) is 4.66. The molecular formula is C6H6OS2. The summed E-state index contributed by atoms with van der Waals surface area (Å²) < 4.78 is 6.69. The molecule has 9 heavy (non-hydrogen) atoms. The molecule has 0 aromatic carbocycles. The lowest BCUT2D eigenvalue weighted by atomic mass is 10.6. The van der Waals surface area contributed by atoms with Gasteiger partial charge in [-0.3, -0.25) is 0 Å². The molecule has 1 nitrogen and oxygen atoms in total. The summed E-state index contributed by atoms with van der Waals surface area (Å²) in [7, 11) is 0. The summed E-state index contributed by atoms with van der Waals surface area (Å²) >= 11 is 3.65. The number of fused-ring (bicyclic) bond motifs is 1. The van der Waals surface area contributed by atoms with Gasteiger partial charge in [-0.1, -0.05) is 0 Å². The lowest BCUT2D eigenvalue weighted by molar-refractivity contribution is 0.333. The molecular weight excluding hydrogens is 152 g/mol. The number of rotatable bonds is 0. The van der Waals surface area contributed by atoms with Crippen molar-refractivity contribution in [3.8, 4) is 5.75 Å². The van der Waals surface area contributed by atoms with Gasteiger partial charge in [-0.05, 0) is 11.4 Å². The molecule has 1 aliphatic rings. The Hall–Kier alpha value is -0.150. The van der Waals surface area contributed by atoms with Crippen molar-refractivity contribution in [3.05, 3.63) is 11.4 Å². The third-order valence-corrected chi connectivity index (χ3v) is 3.33. The highest BCUT2D eigenvalue weighted by Crippen LogP contribution is 2.37. The zero-order valence-electron chi connectivity index (χ0n) is 4.79. The fraction of sp³-hybridized carbons (Fsp3) is 0.333. The molecule has 0 saturated heterocycles. The summed E-state index contributed by atoms with van der Waals surface area (Å²) in [5.74, 6) is 2.18. The van der Waals surface area contributed by atoms with Crippen LogP contribution in [-0.2, 0) is 0 Å². The van der Waals surface area contributed by atoms with Crippen LogP contribution in [0.3, 0.4) is 0 Å². The molecule has 0 aliphatic carbocycles. The predicted molar refractivity (Wildman–Crippen MR) is 40.5 cm³/mol. The Balaban J connectivity index is 2.39. The highest BCUT2D eigenvalue weighted by molar-refractivity contribution is 8.01. The molecule has 1 aliphatic heterocycles. The molecule has 48 valence electrons. The molecule has 0 fully saturated rings. The first-order chi connectivity index (χ1) is 4.47. The Morgan fingerprint density at radius 2 is 2.56 bits per heavy atom. The molecule has 1 aromatic heterocycles. The maximum absolute atomic E-state index is 5.35. The molecule has 0 bridgehead atoms. The van der Waals surface area contributed by atoms with Gasteiger partial charge < -0.3 is 4.74 Å². The zero-order chi connectivity index (χ0) is 6.10.